The van der Waals surface area contributed by atoms with Crippen LogP contribution >= 0.6 is 0 Å². The Kier molecular flexibility index (Phi) is 5.63. The molecular weight excluding hydrogens is 367 g/mol. The first-order valence-electron chi connectivity index (χ1n) is 8.65. The zero-order valence-corrected chi connectivity index (χ0v) is 15.1. The van der Waals surface area contributed by atoms with Crippen LogP contribution in [-0.4, -0.2) is 17.4 Å². The summed E-state index contributed by atoms with van der Waals surface area (Å²) in [5, 5.41) is 2.64. The Morgan fingerprint density at radius 2 is 1.68 bits per heavy atom. The van der Waals surface area contributed by atoms with Crippen LogP contribution in [0, 0.1) is 0 Å². The quantitative estimate of drug-likeness (QED) is 0.630. The molecule has 1 heterocycles. The molecule has 0 atom stereocenters. The molecule has 144 valence electrons. The van der Waals surface area contributed by atoms with Crippen LogP contribution in [0.25, 0.3) is 0 Å². The van der Waals surface area contributed by atoms with E-state index >= 15 is 0 Å². The first-order chi connectivity index (χ1) is 13.4. The van der Waals surface area contributed by atoms with E-state index < -0.39 is 17.6 Å². The Labute approximate surface area is 160 Å². The molecule has 0 unspecified atom stereocenters. The van der Waals surface area contributed by atoms with Crippen LogP contribution in [0.2, 0.25) is 0 Å². The number of benzene rings is 2. The van der Waals surface area contributed by atoms with Crippen molar-refractivity contribution in [1.82, 2.24) is 4.98 Å². The van der Waals surface area contributed by atoms with E-state index in [1.165, 1.54) is 6.20 Å². The molecule has 0 aliphatic heterocycles. The SMILES string of the molecule is CCN(c1ccccc1)c1ccc(NC(=O)c2ccc(C(F)(F)F)cc2)cn1. The summed E-state index contributed by atoms with van der Waals surface area (Å²) in [6.07, 6.45) is -2.92. The predicted molar refractivity (Wildman–Crippen MR) is 103 cm³/mol. The van der Waals surface area contributed by atoms with E-state index in [9.17, 15) is 18.0 Å². The summed E-state index contributed by atoms with van der Waals surface area (Å²) < 4.78 is 37.8. The van der Waals surface area contributed by atoms with Crippen LogP contribution < -0.4 is 10.2 Å². The Morgan fingerprint density at radius 3 is 2.21 bits per heavy atom. The van der Waals surface area contributed by atoms with Crippen molar-refractivity contribution in [3.8, 4) is 0 Å². The fourth-order valence-corrected chi connectivity index (χ4v) is 2.72. The molecule has 0 aliphatic rings. The summed E-state index contributed by atoms with van der Waals surface area (Å²) in [5.74, 6) is 0.222. The van der Waals surface area contributed by atoms with Gasteiger partial charge >= 0.3 is 6.18 Å². The fraction of sp³-hybridized carbons (Fsp3) is 0.143. The minimum absolute atomic E-state index is 0.136. The number of rotatable bonds is 5. The molecule has 1 amide bonds. The average molecular weight is 385 g/mol. The maximum atomic E-state index is 12.6. The van der Waals surface area contributed by atoms with Gasteiger partial charge < -0.3 is 10.2 Å². The highest BCUT2D eigenvalue weighted by molar-refractivity contribution is 6.04. The highest BCUT2D eigenvalue weighted by atomic mass is 19.4. The van der Waals surface area contributed by atoms with Crippen molar-refractivity contribution >= 4 is 23.1 Å². The number of carbonyl (C=O) groups excluding carboxylic acids is 1. The van der Waals surface area contributed by atoms with Crippen LogP contribution in [0.15, 0.2) is 72.9 Å². The second-order valence-electron chi connectivity index (χ2n) is 6.01. The van der Waals surface area contributed by atoms with Crippen LogP contribution in [0.4, 0.5) is 30.4 Å². The van der Waals surface area contributed by atoms with Crippen molar-refractivity contribution in [1.29, 1.82) is 0 Å². The van der Waals surface area contributed by atoms with Crippen molar-refractivity contribution in [2.24, 2.45) is 0 Å². The number of anilines is 3. The normalized spacial score (nSPS) is 11.1. The largest absolute Gasteiger partial charge is 0.416 e. The lowest BCUT2D eigenvalue weighted by molar-refractivity contribution is -0.137. The summed E-state index contributed by atoms with van der Waals surface area (Å²) in [4.78, 5) is 18.6. The molecule has 3 aromatic rings. The summed E-state index contributed by atoms with van der Waals surface area (Å²) in [6, 6.07) is 17.3. The van der Waals surface area contributed by atoms with Gasteiger partial charge in [0.05, 0.1) is 17.4 Å². The maximum absolute atomic E-state index is 12.6. The van der Waals surface area contributed by atoms with E-state index in [1.807, 2.05) is 42.2 Å². The number of amides is 1. The average Bonchev–Trinajstić information content (AvgIpc) is 2.70. The van der Waals surface area contributed by atoms with E-state index in [1.54, 1.807) is 12.1 Å². The Morgan fingerprint density at radius 1 is 1.00 bits per heavy atom. The molecule has 0 saturated carbocycles. The number of carbonyl (C=O) groups is 1. The summed E-state index contributed by atoms with van der Waals surface area (Å²) in [7, 11) is 0. The number of pyridine rings is 1. The van der Waals surface area contributed by atoms with Crippen LogP contribution in [-0.2, 0) is 6.18 Å². The molecule has 0 bridgehead atoms. The van der Waals surface area contributed by atoms with Crippen LogP contribution in [0.3, 0.4) is 0 Å². The third kappa shape index (κ3) is 4.49. The van der Waals surface area contributed by atoms with Crippen molar-refractivity contribution < 1.29 is 18.0 Å². The molecule has 0 saturated heterocycles. The van der Waals surface area contributed by atoms with Crippen molar-refractivity contribution in [2.45, 2.75) is 13.1 Å². The molecule has 0 spiro atoms. The zero-order valence-electron chi connectivity index (χ0n) is 15.1. The number of alkyl halides is 3. The number of nitrogens with one attached hydrogen (secondary N) is 1. The smallest absolute Gasteiger partial charge is 0.327 e. The van der Waals surface area contributed by atoms with Crippen LogP contribution in [0.1, 0.15) is 22.8 Å². The zero-order chi connectivity index (χ0) is 20.1. The minimum Gasteiger partial charge on any atom is -0.327 e. The topological polar surface area (TPSA) is 45.2 Å². The fourth-order valence-electron chi connectivity index (χ4n) is 2.72. The molecule has 1 aromatic heterocycles. The second-order valence-corrected chi connectivity index (χ2v) is 6.01. The molecule has 7 heteroatoms. The number of hydrogen-bond donors (Lipinski definition) is 1. The number of nitrogens with zero attached hydrogens (tertiary/aromatic N) is 2. The van der Waals surface area contributed by atoms with E-state index in [2.05, 4.69) is 10.3 Å². The molecule has 1 N–H and O–H groups in total. The maximum Gasteiger partial charge on any atom is 0.416 e. The highest BCUT2D eigenvalue weighted by Crippen LogP contribution is 2.29. The van der Waals surface area contributed by atoms with Gasteiger partial charge in [-0.3, -0.25) is 4.79 Å². The lowest BCUT2D eigenvalue weighted by atomic mass is 10.1. The first-order valence-corrected chi connectivity index (χ1v) is 8.65. The Bertz CT molecular complexity index is 924. The number of para-hydroxylation sites is 1. The molecule has 0 fully saturated rings. The van der Waals surface area contributed by atoms with Crippen molar-refractivity contribution in [3.63, 3.8) is 0 Å². The Hall–Kier alpha value is -3.35. The van der Waals surface area contributed by atoms with Gasteiger partial charge in [0.1, 0.15) is 5.82 Å². The third-order valence-corrected chi connectivity index (χ3v) is 4.14. The van der Waals surface area contributed by atoms with Crippen molar-refractivity contribution in [2.75, 3.05) is 16.8 Å². The number of halogens is 3. The van der Waals surface area contributed by atoms with E-state index in [-0.39, 0.29) is 5.56 Å². The van der Waals surface area contributed by atoms with Crippen molar-refractivity contribution in [3.05, 3.63) is 84.1 Å². The van der Waals surface area contributed by atoms with E-state index in [0.717, 1.165) is 35.8 Å². The molecule has 0 radical (unpaired) electrons. The molecule has 2 aromatic carbocycles. The van der Waals surface area contributed by atoms with Gasteiger partial charge in [0.2, 0.25) is 0 Å². The van der Waals surface area contributed by atoms with Gasteiger partial charge in [-0.2, -0.15) is 13.2 Å². The highest BCUT2D eigenvalue weighted by Gasteiger charge is 2.30. The first kappa shape index (κ1) is 19.4. The lowest BCUT2D eigenvalue weighted by Gasteiger charge is -2.22. The molecule has 28 heavy (non-hydrogen) atoms. The molecular formula is C21H18F3N3O. The van der Waals surface area contributed by atoms with E-state index in [4.69, 9.17) is 0 Å². The van der Waals surface area contributed by atoms with Gasteiger partial charge in [0.15, 0.2) is 0 Å². The van der Waals surface area contributed by atoms with Gasteiger partial charge in [-0.15, -0.1) is 0 Å². The number of hydrogen-bond acceptors (Lipinski definition) is 3. The third-order valence-electron chi connectivity index (χ3n) is 4.14. The lowest BCUT2D eigenvalue weighted by Crippen LogP contribution is -2.17. The predicted octanol–water partition coefficient (Wildman–Crippen LogP) is 5.51. The number of aromatic nitrogens is 1. The van der Waals surface area contributed by atoms with E-state index in [0.29, 0.717) is 12.2 Å². The van der Waals surface area contributed by atoms with Gasteiger partial charge in [-0.1, -0.05) is 18.2 Å². The Balaban J connectivity index is 1.71. The van der Waals surface area contributed by atoms with Gasteiger partial charge in [0.25, 0.3) is 5.91 Å². The van der Waals surface area contributed by atoms with Gasteiger partial charge in [-0.05, 0) is 55.5 Å². The minimum atomic E-state index is -4.43. The summed E-state index contributed by atoms with van der Waals surface area (Å²) in [6.45, 7) is 2.73. The molecule has 4 nitrogen and oxygen atoms in total. The van der Waals surface area contributed by atoms with Gasteiger partial charge in [-0.25, -0.2) is 4.98 Å². The van der Waals surface area contributed by atoms with Crippen LogP contribution in [0.5, 0.6) is 0 Å². The standard InChI is InChI=1S/C21H18F3N3O/c1-2-27(18-6-4-3-5-7-18)19-13-12-17(14-25-19)26-20(28)15-8-10-16(11-9-15)21(22,23)24/h3-14H,2H2,1H3,(H,26,28). The summed E-state index contributed by atoms with van der Waals surface area (Å²) >= 11 is 0. The molecule has 3 rings (SSSR count). The monoisotopic (exact) mass is 385 g/mol. The van der Waals surface area contributed by atoms with Gasteiger partial charge in [0, 0.05) is 17.8 Å². The molecule has 0 aliphatic carbocycles. The second kappa shape index (κ2) is 8.12. The summed E-state index contributed by atoms with van der Waals surface area (Å²) in [5.41, 5.74) is 0.795.